The molecule has 0 nitrogen and oxygen atoms in total. The second-order valence-corrected chi connectivity index (χ2v) is 5.47. The average Bonchev–Trinajstić information content (AvgIpc) is 2.32. The molecule has 15 heavy (non-hydrogen) atoms. The molecule has 1 aliphatic carbocycles. The van der Waals surface area contributed by atoms with Crippen LogP contribution in [0.1, 0.15) is 47.4 Å². The number of alkyl halides is 1. The summed E-state index contributed by atoms with van der Waals surface area (Å²) < 4.78 is 0. The Labute approximate surface area is 97.6 Å². The number of fused-ring (bicyclic) bond motifs is 1. The second-order valence-electron chi connectivity index (χ2n) is 4.94. The van der Waals surface area contributed by atoms with E-state index in [0.29, 0.717) is 0 Å². The van der Waals surface area contributed by atoms with Crippen LogP contribution in [0.2, 0.25) is 0 Å². The Kier molecular flexibility index (Phi) is 3.06. The van der Waals surface area contributed by atoms with E-state index < -0.39 is 0 Å². The fourth-order valence-electron chi connectivity index (χ4n) is 2.64. The number of hydrogen-bond acceptors (Lipinski definition) is 0. The molecule has 82 valence electrons. The van der Waals surface area contributed by atoms with Gasteiger partial charge in [0.15, 0.2) is 0 Å². The summed E-state index contributed by atoms with van der Waals surface area (Å²) in [6, 6.07) is 4.44. The summed E-state index contributed by atoms with van der Waals surface area (Å²) in [6.45, 7) is 6.70. The van der Waals surface area contributed by atoms with Gasteiger partial charge < -0.3 is 0 Å². The van der Waals surface area contributed by atoms with Gasteiger partial charge in [-0.1, -0.05) is 19.1 Å². The van der Waals surface area contributed by atoms with Crippen molar-refractivity contribution in [3.8, 4) is 0 Å². The van der Waals surface area contributed by atoms with Gasteiger partial charge in [-0.15, -0.1) is 11.6 Å². The van der Waals surface area contributed by atoms with Crippen molar-refractivity contribution in [3.63, 3.8) is 0 Å². The Balaban J connectivity index is 2.52. The standard InChI is InChI=1S/C14H19Cl/c1-9-4-7-12-10(2)5-6-11(3)14(12)13(15)8-9/h5-6,9,13H,4,7-8H2,1-3H3. The number of halogens is 1. The molecule has 0 aliphatic heterocycles. The molecule has 2 unspecified atom stereocenters. The Bertz CT molecular complexity index is 368. The summed E-state index contributed by atoms with van der Waals surface area (Å²) in [5.74, 6) is 0.749. The predicted molar refractivity (Wildman–Crippen MR) is 66.6 cm³/mol. The molecule has 0 saturated heterocycles. The first-order chi connectivity index (χ1) is 7.09. The zero-order chi connectivity index (χ0) is 11.0. The van der Waals surface area contributed by atoms with Gasteiger partial charge in [0.25, 0.3) is 0 Å². The zero-order valence-electron chi connectivity index (χ0n) is 9.81. The highest BCUT2D eigenvalue weighted by atomic mass is 35.5. The second kappa shape index (κ2) is 4.17. The van der Waals surface area contributed by atoms with E-state index >= 15 is 0 Å². The van der Waals surface area contributed by atoms with E-state index in [1.54, 1.807) is 0 Å². The maximum absolute atomic E-state index is 6.52. The van der Waals surface area contributed by atoms with E-state index in [4.69, 9.17) is 11.6 Å². The van der Waals surface area contributed by atoms with Gasteiger partial charge in [0.1, 0.15) is 0 Å². The highest BCUT2D eigenvalue weighted by Crippen LogP contribution is 2.38. The molecular weight excluding hydrogens is 204 g/mol. The monoisotopic (exact) mass is 222 g/mol. The molecule has 1 aliphatic rings. The highest BCUT2D eigenvalue weighted by molar-refractivity contribution is 6.21. The topological polar surface area (TPSA) is 0 Å². The summed E-state index contributed by atoms with van der Waals surface area (Å²) in [5.41, 5.74) is 5.71. The quantitative estimate of drug-likeness (QED) is 0.446. The van der Waals surface area contributed by atoms with E-state index in [0.717, 1.165) is 12.3 Å². The van der Waals surface area contributed by atoms with Crippen LogP contribution in [0.3, 0.4) is 0 Å². The molecule has 0 fully saturated rings. The summed E-state index contributed by atoms with van der Waals surface area (Å²) in [4.78, 5) is 0. The molecule has 1 aromatic rings. The molecule has 0 heterocycles. The van der Waals surface area contributed by atoms with Gasteiger partial charge in [-0.25, -0.2) is 0 Å². The number of hydrogen-bond donors (Lipinski definition) is 0. The predicted octanol–water partition coefficient (Wildman–Crippen LogP) is 4.56. The first-order valence-corrected chi connectivity index (χ1v) is 6.26. The van der Waals surface area contributed by atoms with Crippen molar-refractivity contribution >= 4 is 11.6 Å². The van der Waals surface area contributed by atoms with Crippen molar-refractivity contribution in [1.82, 2.24) is 0 Å². The third-order valence-electron chi connectivity index (χ3n) is 3.62. The maximum atomic E-state index is 6.52. The summed E-state index contributed by atoms with van der Waals surface area (Å²) in [5, 5.41) is 0.220. The highest BCUT2D eigenvalue weighted by Gasteiger charge is 2.23. The van der Waals surface area contributed by atoms with Crippen molar-refractivity contribution < 1.29 is 0 Å². The molecule has 1 aromatic carbocycles. The molecule has 2 rings (SSSR count). The lowest BCUT2D eigenvalue weighted by Gasteiger charge is -2.16. The van der Waals surface area contributed by atoms with E-state index in [-0.39, 0.29) is 5.38 Å². The SMILES string of the molecule is Cc1ccc(C)c2c1CCC(C)CC2Cl. The van der Waals surface area contributed by atoms with Gasteiger partial charge in [-0.05, 0) is 61.3 Å². The van der Waals surface area contributed by atoms with Crippen LogP contribution in [0.4, 0.5) is 0 Å². The lowest BCUT2D eigenvalue weighted by molar-refractivity contribution is 0.503. The average molecular weight is 223 g/mol. The van der Waals surface area contributed by atoms with Gasteiger partial charge in [0, 0.05) is 0 Å². The van der Waals surface area contributed by atoms with Gasteiger partial charge in [0.05, 0.1) is 5.38 Å². The zero-order valence-corrected chi connectivity index (χ0v) is 10.6. The van der Waals surface area contributed by atoms with Crippen LogP contribution >= 0.6 is 11.6 Å². The molecule has 0 aromatic heterocycles. The lowest BCUT2D eigenvalue weighted by atomic mass is 9.94. The van der Waals surface area contributed by atoms with E-state index in [1.807, 2.05) is 0 Å². The molecule has 1 heteroatoms. The third-order valence-corrected chi connectivity index (χ3v) is 4.02. The Morgan fingerprint density at radius 2 is 1.87 bits per heavy atom. The van der Waals surface area contributed by atoms with Crippen LogP contribution in [0.15, 0.2) is 12.1 Å². The van der Waals surface area contributed by atoms with Gasteiger partial charge in [0.2, 0.25) is 0 Å². The fraction of sp³-hybridized carbons (Fsp3) is 0.571. The first-order valence-electron chi connectivity index (χ1n) is 5.82. The van der Waals surface area contributed by atoms with E-state index in [1.165, 1.54) is 35.1 Å². The smallest absolute Gasteiger partial charge is 0.0593 e. The van der Waals surface area contributed by atoms with Gasteiger partial charge in [-0.3, -0.25) is 0 Å². The first kappa shape index (κ1) is 11.0. The van der Waals surface area contributed by atoms with Crippen molar-refractivity contribution in [2.45, 2.75) is 45.4 Å². The van der Waals surface area contributed by atoms with E-state index in [2.05, 4.69) is 32.9 Å². The number of rotatable bonds is 0. The van der Waals surface area contributed by atoms with Crippen molar-refractivity contribution in [3.05, 3.63) is 34.4 Å². The molecular formula is C14H19Cl. The van der Waals surface area contributed by atoms with Crippen LogP contribution in [0, 0.1) is 19.8 Å². The van der Waals surface area contributed by atoms with Crippen LogP contribution in [0.5, 0.6) is 0 Å². The minimum Gasteiger partial charge on any atom is -0.118 e. The van der Waals surface area contributed by atoms with E-state index in [9.17, 15) is 0 Å². The van der Waals surface area contributed by atoms with Crippen molar-refractivity contribution in [2.24, 2.45) is 5.92 Å². The largest absolute Gasteiger partial charge is 0.118 e. The molecule has 2 atom stereocenters. The van der Waals surface area contributed by atoms with Crippen LogP contribution in [0.25, 0.3) is 0 Å². The molecule has 0 amide bonds. The van der Waals surface area contributed by atoms with Gasteiger partial charge >= 0.3 is 0 Å². The molecule has 0 radical (unpaired) electrons. The fourth-order valence-corrected chi connectivity index (χ4v) is 3.25. The third kappa shape index (κ3) is 2.06. The number of aryl methyl sites for hydroxylation is 2. The number of benzene rings is 1. The molecule has 0 bridgehead atoms. The summed E-state index contributed by atoms with van der Waals surface area (Å²) in [6.07, 6.45) is 3.60. The normalized spacial score (nSPS) is 25.9. The Hall–Kier alpha value is -0.490. The Morgan fingerprint density at radius 3 is 2.60 bits per heavy atom. The Morgan fingerprint density at radius 1 is 1.20 bits per heavy atom. The van der Waals surface area contributed by atoms with Crippen LogP contribution < -0.4 is 0 Å². The lowest BCUT2D eigenvalue weighted by Crippen LogP contribution is -2.00. The minimum atomic E-state index is 0.220. The van der Waals surface area contributed by atoms with Gasteiger partial charge in [-0.2, -0.15) is 0 Å². The maximum Gasteiger partial charge on any atom is 0.0593 e. The molecule has 0 N–H and O–H groups in total. The minimum absolute atomic E-state index is 0.220. The summed E-state index contributed by atoms with van der Waals surface area (Å²) in [7, 11) is 0. The molecule has 0 saturated carbocycles. The van der Waals surface area contributed by atoms with Crippen molar-refractivity contribution in [1.29, 1.82) is 0 Å². The van der Waals surface area contributed by atoms with Crippen LogP contribution in [-0.4, -0.2) is 0 Å². The van der Waals surface area contributed by atoms with Crippen LogP contribution in [-0.2, 0) is 6.42 Å². The van der Waals surface area contributed by atoms with Crippen molar-refractivity contribution in [2.75, 3.05) is 0 Å². The summed E-state index contributed by atoms with van der Waals surface area (Å²) >= 11 is 6.52. The molecule has 0 spiro atoms.